The summed E-state index contributed by atoms with van der Waals surface area (Å²) in [5.41, 5.74) is 0.876. The minimum absolute atomic E-state index is 0.430. The summed E-state index contributed by atoms with van der Waals surface area (Å²) in [6.45, 7) is 3.89. The molecule has 0 fully saturated rings. The summed E-state index contributed by atoms with van der Waals surface area (Å²) >= 11 is 2.20. The fraction of sp³-hybridized carbons (Fsp3) is 0.364. The van der Waals surface area contributed by atoms with E-state index in [1.54, 1.807) is 6.92 Å². The molecule has 0 atom stereocenters. The van der Waals surface area contributed by atoms with E-state index in [2.05, 4.69) is 22.6 Å². The van der Waals surface area contributed by atoms with Crippen LogP contribution >= 0.6 is 22.6 Å². The van der Waals surface area contributed by atoms with Crippen LogP contribution in [0, 0.1) is 9.49 Å². The van der Waals surface area contributed by atoms with Gasteiger partial charge in [-0.3, -0.25) is 4.39 Å². The Labute approximate surface area is 97.8 Å². The van der Waals surface area contributed by atoms with Gasteiger partial charge in [-0.1, -0.05) is 19.1 Å². The highest BCUT2D eigenvalue weighted by atomic mass is 127. The van der Waals surface area contributed by atoms with Crippen LogP contribution < -0.4 is 4.74 Å². The van der Waals surface area contributed by atoms with Crippen molar-refractivity contribution in [3.63, 3.8) is 0 Å². The summed E-state index contributed by atoms with van der Waals surface area (Å²) in [5.74, 6) is 1.51. The molecule has 0 aromatic heterocycles. The lowest BCUT2D eigenvalue weighted by atomic mass is 10.0. The molecular formula is C11H13FIO. The summed E-state index contributed by atoms with van der Waals surface area (Å²) in [7, 11) is 0. The van der Waals surface area contributed by atoms with E-state index in [9.17, 15) is 4.39 Å². The lowest BCUT2D eigenvalue weighted by Gasteiger charge is -2.14. The molecule has 0 aliphatic carbocycles. The lowest BCUT2D eigenvalue weighted by Crippen LogP contribution is -2.03. The van der Waals surface area contributed by atoms with E-state index in [1.807, 2.05) is 25.1 Å². The Morgan fingerprint density at radius 2 is 2.21 bits per heavy atom. The Morgan fingerprint density at radius 1 is 1.50 bits per heavy atom. The van der Waals surface area contributed by atoms with E-state index in [1.165, 1.54) is 0 Å². The van der Waals surface area contributed by atoms with E-state index >= 15 is 0 Å². The Kier molecular flexibility index (Phi) is 4.65. The average Bonchev–Trinajstić information content (AvgIpc) is 2.20. The summed E-state index contributed by atoms with van der Waals surface area (Å²) in [5, 5.41) is 0. The van der Waals surface area contributed by atoms with Crippen LogP contribution in [0.1, 0.15) is 19.4 Å². The highest BCUT2D eigenvalue weighted by Crippen LogP contribution is 2.31. The fourth-order valence-electron chi connectivity index (χ4n) is 1.21. The number of hydrogen-bond donors (Lipinski definition) is 0. The van der Waals surface area contributed by atoms with Crippen molar-refractivity contribution in [2.75, 3.05) is 13.3 Å². The zero-order valence-corrected chi connectivity index (χ0v) is 10.5. The molecule has 0 saturated heterocycles. The molecule has 1 aromatic carbocycles. The van der Waals surface area contributed by atoms with Crippen LogP contribution in [-0.4, -0.2) is 13.3 Å². The van der Waals surface area contributed by atoms with Gasteiger partial charge in [0.15, 0.2) is 0 Å². The van der Waals surface area contributed by atoms with Gasteiger partial charge in [-0.2, -0.15) is 0 Å². The molecule has 0 bridgehead atoms. The van der Waals surface area contributed by atoms with Crippen molar-refractivity contribution in [2.24, 2.45) is 0 Å². The van der Waals surface area contributed by atoms with Gasteiger partial charge in [0.25, 0.3) is 0 Å². The minimum atomic E-state index is -0.430. The zero-order chi connectivity index (χ0) is 10.6. The van der Waals surface area contributed by atoms with Crippen LogP contribution in [0.15, 0.2) is 18.2 Å². The number of halogens is 2. The third kappa shape index (κ3) is 2.59. The third-order valence-corrected chi connectivity index (χ3v) is 2.77. The largest absolute Gasteiger partial charge is 0.492 e. The van der Waals surface area contributed by atoms with Crippen molar-refractivity contribution in [3.05, 3.63) is 33.3 Å². The predicted molar refractivity (Wildman–Crippen MR) is 64.3 cm³/mol. The quantitative estimate of drug-likeness (QED) is 0.772. The molecule has 1 nitrogen and oxygen atoms in total. The molecule has 0 aliphatic heterocycles. The van der Waals surface area contributed by atoms with Crippen LogP contribution in [0.4, 0.5) is 4.39 Å². The average molecular weight is 307 g/mol. The lowest BCUT2D eigenvalue weighted by molar-refractivity contribution is 0.334. The molecule has 0 N–H and O–H groups in total. The van der Waals surface area contributed by atoms with Crippen LogP contribution in [-0.2, 0) is 0 Å². The van der Waals surface area contributed by atoms with Crippen LogP contribution in [0.5, 0.6) is 5.75 Å². The molecular weight excluding hydrogens is 294 g/mol. The summed E-state index contributed by atoms with van der Waals surface area (Å²) in [4.78, 5) is 0. The minimum Gasteiger partial charge on any atom is -0.492 e. The van der Waals surface area contributed by atoms with Crippen LogP contribution in [0.2, 0.25) is 0 Å². The molecule has 0 spiro atoms. The normalized spacial score (nSPS) is 10.6. The van der Waals surface area contributed by atoms with Crippen molar-refractivity contribution < 1.29 is 9.13 Å². The Hall–Kier alpha value is -0.320. The number of para-hydroxylation sites is 1. The van der Waals surface area contributed by atoms with Crippen molar-refractivity contribution in [1.82, 2.24) is 0 Å². The van der Waals surface area contributed by atoms with Gasteiger partial charge in [-0.25, -0.2) is 0 Å². The summed E-state index contributed by atoms with van der Waals surface area (Å²) in [6.07, 6.45) is 0. The Morgan fingerprint density at radius 3 is 2.79 bits per heavy atom. The van der Waals surface area contributed by atoms with Crippen molar-refractivity contribution >= 4 is 22.6 Å². The number of rotatable bonds is 4. The van der Waals surface area contributed by atoms with Gasteiger partial charge >= 0.3 is 0 Å². The Balaban J connectivity index is 3.07. The second kappa shape index (κ2) is 5.53. The third-order valence-electron chi connectivity index (χ3n) is 1.92. The van der Waals surface area contributed by atoms with Gasteiger partial charge in [-0.05, 0) is 35.6 Å². The zero-order valence-electron chi connectivity index (χ0n) is 8.31. The molecule has 1 radical (unpaired) electrons. The van der Waals surface area contributed by atoms with Crippen molar-refractivity contribution in [2.45, 2.75) is 13.8 Å². The van der Waals surface area contributed by atoms with Gasteiger partial charge < -0.3 is 4.74 Å². The number of benzene rings is 1. The van der Waals surface area contributed by atoms with Gasteiger partial charge in [0.1, 0.15) is 5.75 Å². The fourth-order valence-corrected chi connectivity index (χ4v) is 1.86. The molecule has 77 valence electrons. The van der Waals surface area contributed by atoms with E-state index in [0.717, 1.165) is 14.9 Å². The van der Waals surface area contributed by atoms with Gasteiger partial charge in [-0.15, -0.1) is 0 Å². The summed E-state index contributed by atoms with van der Waals surface area (Å²) < 4.78 is 19.0. The molecule has 0 aliphatic rings. The molecule has 14 heavy (non-hydrogen) atoms. The number of hydrogen-bond acceptors (Lipinski definition) is 1. The maximum Gasteiger partial charge on any atom is 0.136 e. The topological polar surface area (TPSA) is 9.23 Å². The summed E-state index contributed by atoms with van der Waals surface area (Å²) in [6, 6.07) is 5.77. The van der Waals surface area contributed by atoms with E-state index < -0.39 is 6.67 Å². The van der Waals surface area contributed by atoms with E-state index in [0.29, 0.717) is 12.5 Å². The monoisotopic (exact) mass is 307 g/mol. The second-order valence-corrected chi connectivity index (χ2v) is 4.13. The standard InChI is InChI=1S/C11H13FIO/c1-3-14-11-9(8(2)7-12)5-4-6-10(11)13/h4-6H,3,7H2,1-2H3. The first-order valence-electron chi connectivity index (χ1n) is 4.50. The van der Waals surface area contributed by atoms with Crippen LogP contribution in [0.25, 0.3) is 0 Å². The van der Waals surface area contributed by atoms with Gasteiger partial charge in [0.2, 0.25) is 0 Å². The van der Waals surface area contributed by atoms with E-state index in [4.69, 9.17) is 4.74 Å². The van der Waals surface area contributed by atoms with Crippen molar-refractivity contribution in [3.8, 4) is 5.75 Å². The predicted octanol–water partition coefficient (Wildman–Crippen LogP) is 3.60. The van der Waals surface area contributed by atoms with Gasteiger partial charge in [0, 0.05) is 11.5 Å². The molecule has 0 saturated carbocycles. The molecule has 1 rings (SSSR count). The van der Waals surface area contributed by atoms with E-state index in [-0.39, 0.29) is 0 Å². The molecule has 3 heteroatoms. The molecule has 1 aromatic rings. The smallest absolute Gasteiger partial charge is 0.136 e. The number of alkyl halides is 1. The molecule has 0 amide bonds. The van der Waals surface area contributed by atoms with Crippen molar-refractivity contribution in [1.29, 1.82) is 0 Å². The van der Waals surface area contributed by atoms with Crippen LogP contribution in [0.3, 0.4) is 0 Å². The maximum absolute atomic E-state index is 12.5. The first-order valence-corrected chi connectivity index (χ1v) is 5.58. The first-order chi connectivity index (χ1) is 6.70. The highest BCUT2D eigenvalue weighted by molar-refractivity contribution is 14.1. The second-order valence-electron chi connectivity index (χ2n) is 2.96. The van der Waals surface area contributed by atoms with Gasteiger partial charge in [0.05, 0.1) is 16.9 Å². The molecule has 0 unspecified atom stereocenters. The number of ether oxygens (including phenoxy) is 1. The molecule has 0 heterocycles. The maximum atomic E-state index is 12.5. The first kappa shape index (κ1) is 11.8. The SMILES string of the molecule is CCOc1c(I)cccc1[C](C)CF. The Bertz CT molecular complexity index is 301. The highest BCUT2D eigenvalue weighted by Gasteiger charge is 2.14.